The summed E-state index contributed by atoms with van der Waals surface area (Å²) in [5, 5.41) is 7.25. The van der Waals surface area contributed by atoms with Crippen molar-refractivity contribution in [3.8, 4) is 0 Å². The molecule has 0 saturated carbocycles. The first-order valence-electron chi connectivity index (χ1n) is 13.3. The molecule has 0 amide bonds. The highest BCUT2D eigenvalue weighted by atomic mass is 15.1. The van der Waals surface area contributed by atoms with Crippen molar-refractivity contribution in [3.63, 3.8) is 0 Å². The first kappa shape index (κ1) is 29.2. The topological polar surface area (TPSA) is 27.3 Å². The van der Waals surface area contributed by atoms with E-state index in [2.05, 4.69) is 112 Å². The van der Waals surface area contributed by atoms with E-state index in [0.717, 1.165) is 50.4 Å². The molecule has 0 aromatic heterocycles. The molecule has 2 N–H and O–H groups in total. The Labute approximate surface area is 220 Å². The van der Waals surface area contributed by atoms with Crippen LogP contribution >= 0.6 is 0 Å². The van der Waals surface area contributed by atoms with Crippen molar-refractivity contribution in [1.82, 2.24) is 15.5 Å². The van der Waals surface area contributed by atoms with E-state index in [9.17, 15) is 0 Å². The molecule has 0 radical (unpaired) electrons. The molecule has 0 unspecified atom stereocenters. The van der Waals surface area contributed by atoms with E-state index < -0.39 is 0 Å². The number of nitrogens with zero attached hydrogens (tertiary/aromatic N) is 1. The molecule has 0 aliphatic carbocycles. The van der Waals surface area contributed by atoms with Gasteiger partial charge in [0.1, 0.15) is 0 Å². The second kappa shape index (κ2) is 15.9. The summed E-state index contributed by atoms with van der Waals surface area (Å²) in [4.78, 5) is 2.45. The van der Waals surface area contributed by atoms with Crippen LogP contribution in [0, 0.1) is 27.7 Å². The second-order valence-electron chi connectivity index (χ2n) is 9.84. The quantitative estimate of drug-likeness (QED) is 0.192. The molecule has 0 fully saturated rings. The van der Waals surface area contributed by atoms with E-state index in [4.69, 9.17) is 0 Å². The van der Waals surface area contributed by atoms with Crippen molar-refractivity contribution in [2.45, 2.75) is 53.4 Å². The van der Waals surface area contributed by atoms with Crippen LogP contribution in [0.3, 0.4) is 0 Å². The Kier molecular flexibility index (Phi) is 12.9. The largest absolute Gasteiger partial charge is 0.385 e. The van der Waals surface area contributed by atoms with Crippen LogP contribution in [0.15, 0.2) is 73.9 Å². The molecule has 0 aliphatic rings. The van der Waals surface area contributed by atoms with Gasteiger partial charge in [-0.15, -0.1) is 0 Å². The first-order chi connectivity index (χ1) is 17.3. The summed E-state index contributed by atoms with van der Waals surface area (Å²) < 4.78 is 0. The lowest BCUT2D eigenvalue weighted by Crippen LogP contribution is -2.23. The molecule has 2 aromatic carbocycles. The molecule has 0 spiro atoms. The predicted molar refractivity (Wildman–Crippen MR) is 160 cm³/mol. The van der Waals surface area contributed by atoms with Gasteiger partial charge >= 0.3 is 0 Å². The number of allylic oxidation sites excluding steroid dienone is 4. The summed E-state index contributed by atoms with van der Waals surface area (Å²) in [6.45, 7) is 20.6. The van der Waals surface area contributed by atoms with Crippen LogP contribution in [-0.2, 0) is 0 Å². The molecule has 0 atom stereocenters. The third-order valence-electron chi connectivity index (χ3n) is 6.48. The Bertz CT molecular complexity index is 961. The number of hydrogen-bond acceptors (Lipinski definition) is 3. The number of rotatable bonds is 16. The van der Waals surface area contributed by atoms with E-state index >= 15 is 0 Å². The maximum Gasteiger partial charge on any atom is 0.0416 e. The van der Waals surface area contributed by atoms with Crippen molar-refractivity contribution < 1.29 is 0 Å². The summed E-state index contributed by atoms with van der Waals surface area (Å²) in [5.74, 6) is 0. The minimum Gasteiger partial charge on any atom is -0.385 e. The van der Waals surface area contributed by atoms with E-state index in [1.54, 1.807) is 0 Å². The SMILES string of the molecule is C=C/C=C(/NCCCCN(C)CCCCN/C(=C/C=C)c1ccc(C)cc1C)c1ccc(C)cc1C. The average molecular weight is 486 g/mol. The Morgan fingerprint density at radius 1 is 0.694 bits per heavy atom. The Morgan fingerprint density at radius 3 is 1.47 bits per heavy atom. The molecule has 0 bridgehead atoms. The fourth-order valence-electron chi connectivity index (χ4n) is 4.53. The van der Waals surface area contributed by atoms with Gasteiger partial charge in [0.15, 0.2) is 0 Å². The van der Waals surface area contributed by atoms with Gasteiger partial charge in [-0.2, -0.15) is 0 Å². The lowest BCUT2D eigenvalue weighted by Gasteiger charge is -2.18. The third-order valence-corrected chi connectivity index (χ3v) is 6.48. The van der Waals surface area contributed by atoms with Crippen LogP contribution in [0.4, 0.5) is 0 Å². The maximum atomic E-state index is 3.89. The monoisotopic (exact) mass is 485 g/mol. The van der Waals surface area contributed by atoms with E-state index in [-0.39, 0.29) is 0 Å². The summed E-state index contributed by atoms with van der Waals surface area (Å²) in [7, 11) is 2.23. The Hall–Kier alpha value is -3.04. The van der Waals surface area contributed by atoms with Gasteiger partial charge < -0.3 is 15.5 Å². The molecule has 2 rings (SSSR count). The average Bonchev–Trinajstić information content (AvgIpc) is 2.83. The van der Waals surface area contributed by atoms with E-state index in [0.29, 0.717) is 0 Å². The van der Waals surface area contributed by atoms with Crippen molar-refractivity contribution >= 4 is 11.4 Å². The smallest absolute Gasteiger partial charge is 0.0416 e. The molecule has 194 valence electrons. The molecule has 0 saturated heterocycles. The minimum atomic E-state index is 0.974. The van der Waals surface area contributed by atoms with E-state index in [1.807, 2.05) is 12.2 Å². The zero-order valence-corrected chi connectivity index (χ0v) is 23.3. The van der Waals surface area contributed by atoms with Crippen molar-refractivity contribution in [3.05, 3.63) is 107 Å². The number of hydrogen-bond donors (Lipinski definition) is 2. The standard InChI is InChI=1S/C33H47N3/c1-8-14-32(30-18-16-26(3)24-28(30)5)34-20-10-12-22-36(7)23-13-11-21-35-33(15-9-2)31-19-17-27(4)25-29(31)6/h8-9,14-19,24-25,34-35H,1-2,10-13,20-23H2,3-7H3/b32-14+,33-15+. The van der Waals surface area contributed by atoms with Gasteiger partial charge in [0.25, 0.3) is 0 Å². The highest BCUT2D eigenvalue weighted by Gasteiger charge is 2.06. The molecular formula is C33H47N3. The first-order valence-corrected chi connectivity index (χ1v) is 13.3. The van der Waals surface area contributed by atoms with Gasteiger partial charge in [0.05, 0.1) is 0 Å². The van der Waals surface area contributed by atoms with Crippen molar-refractivity contribution in [2.24, 2.45) is 0 Å². The molecule has 0 heterocycles. The Morgan fingerprint density at radius 2 is 1.11 bits per heavy atom. The number of unbranched alkanes of at least 4 members (excludes halogenated alkanes) is 2. The van der Waals surface area contributed by atoms with Crippen LogP contribution in [0.2, 0.25) is 0 Å². The Balaban J connectivity index is 1.65. The summed E-state index contributed by atoms with van der Waals surface area (Å²) in [6, 6.07) is 13.2. The predicted octanol–water partition coefficient (Wildman–Crippen LogP) is 7.35. The molecule has 2 aromatic rings. The van der Waals surface area contributed by atoms with Crippen LogP contribution in [-0.4, -0.2) is 38.1 Å². The molecule has 36 heavy (non-hydrogen) atoms. The van der Waals surface area contributed by atoms with Gasteiger partial charge in [-0.05, 0) is 96.8 Å². The number of nitrogens with one attached hydrogen (secondary N) is 2. The molecular weight excluding hydrogens is 438 g/mol. The lowest BCUT2D eigenvalue weighted by molar-refractivity contribution is 0.318. The highest BCUT2D eigenvalue weighted by Crippen LogP contribution is 2.19. The molecule has 3 heteroatoms. The summed E-state index contributed by atoms with van der Waals surface area (Å²) >= 11 is 0. The van der Waals surface area contributed by atoms with Crippen molar-refractivity contribution in [1.29, 1.82) is 0 Å². The van der Waals surface area contributed by atoms with Crippen LogP contribution < -0.4 is 10.6 Å². The summed E-state index contributed by atoms with van der Waals surface area (Å²) in [5.41, 5.74) is 10.0. The zero-order valence-electron chi connectivity index (χ0n) is 23.3. The fraction of sp³-hybridized carbons (Fsp3) is 0.394. The van der Waals surface area contributed by atoms with Crippen LogP contribution in [0.5, 0.6) is 0 Å². The highest BCUT2D eigenvalue weighted by molar-refractivity contribution is 5.69. The lowest BCUT2D eigenvalue weighted by atomic mass is 10.0. The van der Waals surface area contributed by atoms with E-state index in [1.165, 1.54) is 46.2 Å². The normalized spacial score (nSPS) is 12.1. The van der Waals surface area contributed by atoms with Gasteiger partial charge in [-0.1, -0.05) is 72.8 Å². The van der Waals surface area contributed by atoms with Gasteiger partial charge in [-0.3, -0.25) is 0 Å². The third kappa shape index (κ3) is 9.91. The minimum absolute atomic E-state index is 0.974. The van der Waals surface area contributed by atoms with Gasteiger partial charge in [0.2, 0.25) is 0 Å². The molecule has 0 aliphatic heterocycles. The summed E-state index contributed by atoms with van der Waals surface area (Å²) in [6.07, 6.45) is 12.6. The van der Waals surface area contributed by atoms with Gasteiger partial charge in [0, 0.05) is 35.6 Å². The fourth-order valence-corrected chi connectivity index (χ4v) is 4.53. The van der Waals surface area contributed by atoms with Crippen LogP contribution in [0.1, 0.15) is 59.1 Å². The zero-order chi connectivity index (χ0) is 26.3. The van der Waals surface area contributed by atoms with Crippen LogP contribution in [0.25, 0.3) is 11.4 Å². The second-order valence-corrected chi connectivity index (χ2v) is 9.84. The number of benzene rings is 2. The number of aryl methyl sites for hydroxylation is 4. The maximum absolute atomic E-state index is 3.89. The van der Waals surface area contributed by atoms with Crippen molar-refractivity contribution in [2.75, 3.05) is 33.2 Å². The van der Waals surface area contributed by atoms with Gasteiger partial charge in [-0.25, -0.2) is 0 Å². The molecule has 3 nitrogen and oxygen atoms in total.